The molecule has 0 radical (unpaired) electrons. The van der Waals surface area contributed by atoms with Crippen LogP contribution in [0, 0.1) is 17.7 Å². The zero-order valence-electron chi connectivity index (χ0n) is 21.0. The second-order valence-electron chi connectivity index (χ2n) is 11.4. The summed E-state index contributed by atoms with van der Waals surface area (Å²) in [5.41, 5.74) is 6.31. The van der Waals surface area contributed by atoms with Gasteiger partial charge in [-0.2, -0.15) is 0 Å². The third-order valence-electron chi connectivity index (χ3n) is 7.68. The zero-order valence-corrected chi connectivity index (χ0v) is 21.0. The Balaban J connectivity index is 1.46. The second kappa shape index (κ2) is 10.2. The monoisotopic (exact) mass is 487 g/mol. The van der Waals surface area contributed by atoms with Crippen LogP contribution in [0.3, 0.4) is 0 Å². The predicted molar refractivity (Wildman–Crippen MR) is 130 cm³/mol. The number of nitrogens with two attached hydrogens (primary N) is 1. The minimum absolute atomic E-state index is 0.0184. The number of likely N-dealkylation sites (tertiary alicyclic amines) is 1. The van der Waals surface area contributed by atoms with E-state index in [1.54, 1.807) is 37.8 Å². The quantitative estimate of drug-likeness (QED) is 0.611. The van der Waals surface area contributed by atoms with Crippen LogP contribution < -0.4 is 11.1 Å². The number of nitrogens with zero attached hydrogens (tertiary/aromatic N) is 1. The smallest absolute Gasteiger partial charge is 0.411 e. The normalized spacial score (nSPS) is 27.0. The SMILES string of the molecule is CC(C)(C)OC(=O)N1[C@@H]2CC[C@@H](C2)[C@H]1C(=O)C[C@@H](Cc1ccc(C2CCCNC2)cc1F)C(N)=O. The number of carbonyl (C=O) groups is 3. The molecule has 35 heavy (non-hydrogen) atoms. The van der Waals surface area contributed by atoms with Gasteiger partial charge in [0.1, 0.15) is 11.4 Å². The van der Waals surface area contributed by atoms with E-state index in [1.807, 2.05) is 6.07 Å². The van der Waals surface area contributed by atoms with Gasteiger partial charge in [0, 0.05) is 24.9 Å². The number of rotatable bonds is 7. The fourth-order valence-corrected chi connectivity index (χ4v) is 6.00. The van der Waals surface area contributed by atoms with Crippen LogP contribution in [0.1, 0.15) is 76.3 Å². The number of hydrogen-bond donors (Lipinski definition) is 2. The van der Waals surface area contributed by atoms with E-state index >= 15 is 0 Å². The summed E-state index contributed by atoms with van der Waals surface area (Å²) in [5.74, 6) is -1.70. The molecule has 8 heteroatoms. The summed E-state index contributed by atoms with van der Waals surface area (Å²) in [4.78, 5) is 40.2. The highest BCUT2D eigenvalue weighted by Gasteiger charge is 2.52. The lowest BCUT2D eigenvalue weighted by molar-refractivity contribution is -0.131. The Morgan fingerprint density at radius 3 is 2.63 bits per heavy atom. The average Bonchev–Trinajstić information content (AvgIpc) is 3.41. The fourth-order valence-electron chi connectivity index (χ4n) is 6.00. The number of carbonyl (C=O) groups excluding carboxylic acids is 3. The van der Waals surface area contributed by atoms with Crippen molar-refractivity contribution in [2.75, 3.05) is 13.1 Å². The number of hydrogen-bond acceptors (Lipinski definition) is 5. The molecule has 2 amide bonds. The van der Waals surface area contributed by atoms with Crippen LogP contribution in [0.5, 0.6) is 0 Å². The van der Waals surface area contributed by atoms with Gasteiger partial charge in [0.25, 0.3) is 0 Å². The van der Waals surface area contributed by atoms with Gasteiger partial charge in [0.15, 0.2) is 5.78 Å². The van der Waals surface area contributed by atoms with E-state index in [0.717, 1.165) is 50.8 Å². The number of benzene rings is 1. The Hall–Kier alpha value is -2.48. The lowest BCUT2D eigenvalue weighted by Crippen LogP contribution is -2.51. The molecule has 4 rings (SSSR count). The first-order valence-electron chi connectivity index (χ1n) is 12.9. The van der Waals surface area contributed by atoms with Crippen molar-refractivity contribution >= 4 is 17.8 Å². The molecule has 2 aliphatic heterocycles. The first-order valence-corrected chi connectivity index (χ1v) is 12.9. The maximum absolute atomic E-state index is 15.0. The number of amides is 2. The number of piperidine rings is 2. The lowest BCUT2D eigenvalue weighted by atomic mass is 9.86. The maximum Gasteiger partial charge on any atom is 0.411 e. The van der Waals surface area contributed by atoms with Crippen LogP contribution in [-0.4, -0.2) is 53.5 Å². The van der Waals surface area contributed by atoms with Crippen LogP contribution in [0.2, 0.25) is 0 Å². The van der Waals surface area contributed by atoms with E-state index in [-0.39, 0.29) is 42.3 Å². The third kappa shape index (κ3) is 5.85. The van der Waals surface area contributed by atoms with Gasteiger partial charge in [0.2, 0.25) is 5.91 Å². The van der Waals surface area contributed by atoms with Crippen LogP contribution in [0.25, 0.3) is 0 Å². The number of ketones is 1. The molecule has 2 saturated heterocycles. The van der Waals surface area contributed by atoms with E-state index in [4.69, 9.17) is 10.5 Å². The third-order valence-corrected chi connectivity index (χ3v) is 7.68. The number of ether oxygens (including phenoxy) is 1. The number of primary amides is 1. The van der Waals surface area contributed by atoms with Gasteiger partial charge in [-0.3, -0.25) is 14.5 Å². The number of fused-ring (bicyclic) bond motifs is 2. The van der Waals surface area contributed by atoms with Crippen molar-refractivity contribution in [3.05, 3.63) is 35.1 Å². The summed E-state index contributed by atoms with van der Waals surface area (Å²) >= 11 is 0. The van der Waals surface area contributed by atoms with Gasteiger partial charge in [-0.15, -0.1) is 0 Å². The summed E-state index contributed by atoms with van der Waals surface area (Å²) < 4.78 is 20.6. The molecular weight excluding hydrogens is 449 g/mol. The topological polar surface area (TPSA) is 102 Å². The van der Waals surface area contributed by atoms with Gasteiger partial charge >= 0.3 is 6.09 Å². The maximum atomic E-state index is 15.0. The van der Waals surface area contributed by atoms with Gasteiger partial charge in [-0.25, -0.2) is 9.18 Å². The predicted octanol–water partition coefficient (Wildman–Crippen LogP) is 3.68. The summed E-state index contributed by atoms with van der Waals surface area (Å²) in [5, 5.41) is 3.34. The molecule has 2 bridgehead atoms. The van der Waals surface area contributed by atoms with Crippen molar-refractivity contribution in [2.24, 2.45) is 17.6 Å². The Morgan fingerprint density at radius 2 is 2.00 bits per heavy atom. The molecule has 0 aromatic heterocycles. The molecule has 3 aliphatic rings. The first-order chi connectivity index (χ1) is 16.5. The molecule has 1 aromatic rings. The Bertz CT molecular complexity index is 970. The minimum atomic E-state index is -0.834. The molecule has 0 spiro atoms. The molecule has 7 nitrogen and oxygen atoms in total. The minimum Gasteiger partial charge on any atom is -0.444 e. The largest absolute Gasteiger partial charge is 0.444 e. The molecule has 3 fully saturated rings. The van der Waals surface area contributed by atoms with E-state index < -0.39 is 29.6 Å². The molecule has 1 aliphatic carbocycles. The number of halogens is 1. The summed E-state index contributed by atoms with van der Waals surface area (Å²) in [7, 11) is 0. The molecule has 1 saturated carbocycles. The molecule has 1 aromatic carbocycles. The summed E-state index contributed by atoms with van der Waals surface area (Å²) in [6, 6.07) is 4.54. The standard InChI is InChI=1S/C27H38FN3O4/c1-27(2,3)35-26(34)31-21-9-8-18(12-21)24(31)23(32)14-20(25(29)33)11-17-7-6-16(13-22(17)28)19-5-4-10-30-15-19/h6-7,13,18-21,24,30H,4-5,8-12,14-15H2,1-3H3,(H2,29,33)/t18-,19?,20+,21+,24-/m0/s1. The lowest BCUT2D eigenvalue weighted by Gasteiger charge is -2.36. The Labute approximate surface area is 206 Å². The van der Waals surface area contributed by atoms with Gasteiger partial charge in [0.05, 0.1) is 6.04 Å². The Kier molecular flexibility index (Phi) is 7.50. The van der Waals surface area contributed by atoms with Crippen molar-refractivity contribution in [3.8, 4) is 0 Å². The molecule has 192 valence electrons. The van der Waals surface area contributed by atoms with Crippen molar-refractivity contribution in [1.82, 2.24) is 10.2 Å². The molecule has 1 unspecified atom stereocenters. The highest BCUT2D eigenvalue weighted by Crippen LogP contribution is 2.44. The first kappa shape index (κ1) is 25.6. The van der Waals surface area contributed by atoms with Crippen LogP contribution in [0.4, 0.5) is 9.18 Å². The van der Waals surface area contributed by atoms with E-state index in [2.05, 4.69) is 5.32 Å². The van der Waals surface area contributed by atoms with Crippen LogP contribution >= 0.6 is 0 Å². The molecule has 2 heterocycles. The summed E-state index contributed by atoms with van der Waals surface area (Å²) in [6.07, 6.45) is 4.01. The summed E-state index contributed by atoms with van der Waals surface area (Å²) in [6.45, 7) is 7.20. The van der Waals surface area contributed by atoms with Crippen molar-refractivity contribution in [3.63, 3.8) is 0 Å². The molecule has 3 N–H and O–H groups in total. The van der Waals surface area contributed by atoms with Gasteiger partial charge in [-0.05, 0) is 94.9 Å². The molecule has 5 atom stereocenters. The van der Waals surface area contributed by atoms with Gasteiger partial charge < -0.3 is 15.8 Å². The van der Waals surface area contributed by atoms with Crippen LogP contribution in [-0.2, 0) is 20.7 Å². The Morgan fingerprint density at radius 1 is 1.23 bits per heavy atom. The average molecular weight is 488 g/mol. The van der Waals surface area contributed by atoms with Crippen LogP contribution in [0.15, 0.2) is 18.2 Å². The van der Waals surface area contributed by atoms with Crippen molar-refractivity contribution in [1.29, 1.82) is 0 Å². The zero-order chi connectivity index (χ0) is 25.3. The number of nitrogens with one attached hydrogen (secondary N) is 1. The van der Waals surface area contributed by atoms with E-state index in [0.29, 0.717) is 5.56 Å². The van der Waals surface area contributed by atoms with E-state index in [9.17, 15) is 18.8 Å². The highest BCUT2D eigenvalue weighted by molar-refractivity contribution is 5.92. The highest BCUT2D eigenvalue weighted by atomic mass is 19.1. The molecular formula is C27H38FN3O4. The van der Waals surface area contributed by atoms with Crippen molar-refractivity contribution < 1.29 is 23.5 Å². The van der Waals surface area contributed by atoms with Gasteiger partial charge in [-0.1, -0.05) is 12.1 Å². The second-order valence-corrected chi connectivity index (χ2v) is 11.4. The fraction of sp³-hybridized carbons (Fsp3) is 0.667. The van der Waals surface area contributed by atoms with E-state index in [1.165, 1.54) is 0 Å². The van der Waals surface area contributed by atoms with Crippen molar-refractivity contribution in [2.45, 2.75) is 89.3 Å². The number of Topliss-reactive ketones (excluding diaryl/α,β-unsaturated/α-hetero) is 1.